The van der Waals surface area contributed by atoms with Crippen LogP contribution in [0.5, 0.6) is 0 Å². The van der Waals surface area contributed by atoms with E-state index in [0.29, 0.717) is 12.8 Å². The molecule has 0 bridgehead atoms. The summed E-state index contributed by atoms with van der Waals surface area (Å²) >= 11 is 0. The average molecular weight is 294 g/mol. The van der Waals surface area contributed by atoms with Crippen molar-refractivity contribution in [2.45, 2.75) is 59.0 Å². The molecule has 0 radical (unpaired) electrons. The highest BCUT2D eigenvalue weighted by Crippen LogP contribution is 2.33. The zero-order chi connectivity index (χ0) is 16.3. The first-order chi connectivity index (χ1) is 9.64. The van der Waals surface area contributed by atoms with E-state index in [1.54, 1.807) is 12.1 Å². The SMILES string of the molecule is CCC(N)(CC)C(=O)NC(c1ccc(F)cc1)C(C)(C)C. The molecule has 4 heteroatoms. The van der Waals surface area contributed by atoms with Crippen LogP contribution in [0.3, 0.4) is 0 Å². The molecule has 0 aliphatic carbocycles. The summed E-state index contributed by atoms with van der Waals surface area (Å²) < 4.78 is 13.1. The smallest absolute Gasteiger partial charge is 0.240 e. The Labute approximate surface area is 127 Å². The standard InChI is InChI=1S/C17H27FN2O/c1-6-17(19,7-2)15(21)20-14(16(3,4)5)12-8-10-13(18)11-9-12/h8-11,14H,6-7,19H2,1-5H3,(H,20,21). The van der Waals surface area contributed by atoms with Gasteiger partial charge in [-0.15, -0.1) is 0 Å². The third kappa shape index (κ3) is 4.27. The Kier molecular flexibility index (Phi) is 5.51. The Morgan fingerprint density at radius 3 is 2.05 bits per heavy atom. The highest BCUT2D eigenvalue weighted by atomic mass is 19.1. The van der Waals surface area contributed by atoms with Gasteiger partial charge in [-0.05, 0) is 36.0 Å². The van der Waals surface area contributed by atoms with E-state index >= 15 is 0 Å². The number of carbonyl (C=O) groups is 1. The minimum atomic E-state index is -0.858. The highest BCUT2D eigenvalue weighted by molar-refractivity contribution is 5.86. The summed E-state index contributed by atoms with van der Waals surface area (Å²) in [6.45, 7) is 9.94. The monoisotopic (exact) mass is 294 g/mol. The fourth-order valence-electron chi connectivity index (χ4n) is 2.30. The van der Waals surface area contributed by atoms with Crippen LogP contribution in [-0.4, -0.2) is 11.4 Å². The highest BCUT2D eigenvalue weighted by Gasteiger charge is 2.35. The molecule has 0 heterocycles. The number of amides is 1. The molecule has 3 nitrogen and oxygen atoms in total. The van der Waals surface area contributed by atoms with E-state index < -0.39 is 5.54 Å². The van der Waals surface area contributed by atoms with Gasteiger partial charge in [0.25, 0.3) is 0 Å². The molecule has 1 rings (SSSR count). The second kappa shape index (κ2) is 6.56. The van der Waals surface area contributed by atoms with Gasteiger partial charge < -0.3 is 11.1 Å². The molecule has 3 N–H and O–H groups in total. The zero-order valence-corrected chi connectivity index (χ0v) is 13.7. The second-order valence-corrected chi connectivity index (χ2v) is 6.69. The molecule has 0 aliphatic rings. The van der Waals surface area contributed by atoms with Crippen LogP contribution >= 0.6 is 0 Å². The summed E-state index contributed by atoms with van der Waals surface area (Å²) in [4.78, 5) is 12.5. The van der Waals surface area contributed by atoms with Crippen molar-refractivity contribution in [2.24, 2.45) is 11.1 Å². The van der Waals surface area contributed by atoms with Crippen molar-refractivity contribution < 1.29 is 9.18 Å². The van der Waals surface area contributed by atoms with Gasteiger partial charge in [0, 0.05) is 0 Å². The van der Waals surface area contributed by atoms with Gasteiger partial charge in [-0.25, -0.2) is 4.39 Å². The van der Waals surface area contributed by atoms with Crippen molar-refractivity contribution in [1.82, 2.24) is 5.32 Å². The molecule has 1 aromatic carbocycles. The lowest BCUT2D eigenvalue weighted by molar-refractivity contribution is -0.128. The first-order valence-corrected chi connectivity index (χ1v) is 7.49. The fourth-order valence-corrected chi connectivity index (χ4v) is 2.30. The van der Waals surface area contributed by atoms with Crippen molar-refractivity contribution in [1.29, 1.82) is 0 Å². The zero-order valence-electron chi connectivity index (χ0n) is 13.7. The molecular weight excluding hydrogens is 267 g/mol. The molecule has 1 unspecified atom stereocenters. The average Bonchev–Trinajstić information content (AvgIpc) is 2.43. The molecule has 0 spiro atoms. The first kappa shape index (κ1) is 17.6. The summed E-state index contributed by atoms with van der Waals surface area (Å²) in [7, 11) is 0. The van der Waals surface area contributed by atoms with Crippen LogP contribution in [0.1, 0.15) is 59.1 Å². The van der Waals surface area contributed by atoms with E-state index in [9.17, 15) is 9.18 Å². The molecule has 1 aromatic rings. The maximum absolute atomic E-state index is 13.1. The van der Waals surface area contributed by atoms with E-state index in [0.717, 1.165) is 5.56 Å². The van der Waals surface area contributed by atoms with Crippen LogP contribution < -0.4 is 11.1 Å². The number of carbonyl (C=O) groups excluding carboxylic acids is 1. The molecule has 0 saturated carbocycles. The van der Waals surface area contributed by atoms with Crippen LogP contribution in [-0.2, 0) is 4.79 Å². The van der Waals surface area contributed by atoms with Crippen molar-refractivity contribution in [3.05, 3.63) is 35.6 Å². The number of hydrogen-bond donors (Lipinski definition) is 2. The van der Waals surface area contributed by atoms with Crippen LogP contribution in [0.4, 0.5) is 4.39 Å². The Morgan fingerprint density at radius 2 is 1.67 bits per heavy atom. The van der Waals surface area contributed by atoms with Gasteiger partial charge in [0.05, 0.1) is 11.6 Å². The van der Waals surface area contributed by atoms with Crippen molar-refractivity contribution in [3.8, 4) is 0 Å². The molecule has 0 saturated heterocycles. The van der Waals surface area contributed by atoms with E-state index in [4.69, 9.17) is 5.73 Å². The number of nitrogens with two attached hydrogens (primary N) is 1. The summed E-state index contributed by atoms with van der Waals surface area (Å²) in [5.74, 6) is -0.440. The van der Waals surface area contributed by atoms with Crippen molar-refractivity contribution in [3.63, 3.8) is 0 Å². The van der Waals surface area contributed by atoms with Gasteiger partial charge in [-0.2, -0.15) is 0 Å². The molecule has 0 aromatic heterocycles. The second-order valence-electron chi connectivity index (χ2n) is 6.69. The normalized spacial score (nSPS) is 13.9. The van der Waals surface area contributed by atoms with Crippen molar-refractivity contribution >= 4 is 5.91 Å². The lowest BCUT2D eigenvalue weighted by Crippen LogP contribution is -2.55. The van der Waals surface area contributed by atoms with E-state index in [1.165, 1.54) is 12.1 Å². The van der Waals surface area contributed by atoms with Gasteiger partial charge in [0.15, 0.2) is 0 Å². The fraction of sp³-hybridized carbons (Fsp3) is 0.588. The number of nitrogens with one attached hydrogen (secondary N) is 1. The van der Waals surface area contributed by atoms with Crippen LogP contribution in [0.25, 0.3) is 0 Å². The van der Waals surface area contributed by atoms with Crippen LogP contribution in [0.15, 0.2) is 24.3 Å². The lowest BCUT2D eigenvalue weighted by atomic mass is 9.81. The largest absolute Gasteiger partial charge is 0.347 e. The van der Waals surface area contributed by atoms with E-state index in [2.05, 4.69) is 5.32 Å². The first-order valence-electron chi connectivity index (χ1n) is 7.49. The lowest BCUT2D eigenvalue weighted by Gasteiger charge is -2.35. The number of rotatable bonds is 5. The van der Waals surface area contributed by atoms with Crippen LogP contribution in [0.2, 0.25) is 0 Å². The van der Waals surface area contributed by atoms with Crippen LogP contribution in [0, 0.1) is 11.2 Å². The molecule has 0 fully saturated rings. The van der Waals surface area contributed by atoms with Crippen molar-refractivity contribution in [2.75, 3.05) is 0 Å². The summed E-state index contributed by atoms with van der Waals surface area (Å²) in [6.07, 6.45) is 1.16. The van der Waals surface area contributed by atoms with Gasteiger partial charge in [-0.1, -0.05) is 46.8 Å². The van der Waals surface area contributed by atoms with E-state index in [1.807, 2.05) is 34.6 Å². The molecule has 21 heavy (non-hydrogen) atoms. The Balaban J connectivity index is 3.06. The van der Waals surface area contributed by atoms with Gasteiger partial charge >= 0.3 is 0 Å². The number of benzene rings is 1. The quantitative estimate of drug-likeness (QED) is 0.872. The van der Waals surface area contributed by atoms with Gasteiger partial charge in [0.2, 0.25) is 5.91 Å². The third-order valence-electron chi connectivity index (χ3n) is 4.06. The predicted molar refractivity (Wildman–Crippen MR) is 84.2 cm³/mol. The minimum Gasteiger partial charge on any atom is -0.347 e. The molecule has 0 aliphatic heterocycles. The Bertz CT molecular complexity index is 473. The molecule has 1 amide bonds. The molecule has 118 valence electrons. The summed E-state index contributed by atoms with van der Waals surface area (Å²) in [5.41, 5.74) is 5.99. The molecular formula is C17H27FN2O. The maximum atomic E-state index is 13.1. The number of hydrogen-bond acceptors (Lipinski definition) is 2. The Hall–Kier alpha value is -1.42. The van der Waals surface area contributed by atoms with E-state index in [-0.39, 0.29) is 23.2 Å². The number of halogens is 1. The maximum Gasteiger partial charge on any atom is 0.240 e. The Morgan fingerprint density at radius 1 is 1.19 bits per heavy atom. The summed E-state index contributed by atoms with van der Waals surface area (Å²) in [6, 6.07) is 6.03. The van der Waals surface area contributed by atoms with Gasteiger partial charge in [-0.3, -0.25) is 4.79 Å². The molecule has 1 atom stereocenters. The summed E-state index contributed by atoms with van der Waals surface area (Å²) in [5, 5.41) is 3.05. The predicted octanol–water partition coefficient (Wildman–Crippen LogP) is 3.55. The van der Waals surface area contributed by atoms with Gasteiger partial charge in [0.1, 0.15) is 5.82 Å². The topological polar surface area (TPSA) is 55.1 Å². The minimum absolute atomic E-state index is 0.156. The third-order valence-corrected chi connectivity index (χ3v) is 4.06.